The summed E-state index contributed by atoms with van der Waals surface area (Å²) in [6, 6.07) is 15.4. The number of carbonyl (C=O) groups is 3. The lowest BCUT2D eigenvalue weighted by Gasteiger charge is -2.35. The number of likely N-dealkylation sites (N-methyl/N-ethyl adjacent to an activating group) is 1. The van der Waals surface area contributed by atoms with Crippen molar-refractivity contribution in [3.63, 3.8) is 0 Å². The van der Waals surface area contributed by atoms with E-state index in [1.165, 1.54) is 0 Å². The second kappa shape index (κ2) is 11.7. The normalized spacial score (nSPS) is 18.8. The summed E-state index contributed by atoms with van der Waals surface area (Å²) in [7, 11) is 0. The van der Waals surface area contributed by atoms with Crippen molar-refractivity contribution in [3.8, 4) is 0 Å². The second-order valence-electron chi connectivity index (χ2n) is 9.79. The van der Waals surface area contributed by atoms with E-state index in [2.05, 4.69) is 11.8 Å². The number of rotatable bonds is 7. The van der Waals surface area contributed by atoms with Gasteiger partial charge in [-0.3, -0.25) is 9.59 Å². The van der Waals surface area contributed by atoms with Crippen LogP contribution in [0.5, 0.6) is 0 Å². The summed E-state index contributed by atoms with van der Waals surface area (Å²) in [5, 5.41) is 0. The highest BCUT2D eigenvalue weighted by Gasteiger charge is 2.37. The molecule has 0 N–H and O–H groups in total. The first-order chi connectivity index (χ1) is 17.8. The molecule has 1 fully saturated rings. The molecule has 2 amide bonds. The molecule has 2 heterocycles. The van der Waals surface area contributed by atoms with E-state index in [9.17, 15) is 14.4 Å². The highest BCUT2D eigenvalue weighted by molar-refractivity contribution is 5.96. The Morgan fingerprint density at radius 1 is 0.973 bits per heavy atom. The molecule has 0 bridgehead atoms. The summed E-state index contributed by atoms with van der Waals surface area (Å²) in [6.07, 6.45) is 0.189. The zero-order chi connectivity index (χ0) is 26.5. The molecule has 1 atom stereocenters. The van der Waals surface area contributed by atoms with Crippen molar-refractivity contribution >= 4 is 17.8 Å². The van der Waals surface area contributed by atoms with E-state index in [1.54, 1.807) is 11.8 Å². The molecule has 2 aliphatic heterocycles. The molecular weight excluding hydrogens is 466 g/mol. The van der Waals surface area contributed by atoms with Gasteiger partial charge < -0.3 is 19.4 Å². The van der Waals surface area contributed by atoms with E-state index >= 15 is 0 Å². The minimum atomic E-state index is -0.391. The minimum Gasteiger partial charge on any atom is -0.463 e. The van der Waals surface area contributed by atoms with Crippen molar-refractivity contribution in [2.75, 3.05) is 39.3 Å². The third kappa shape index (κ3) is 5.93. The molecule has 0 aromatic heterocycles. The van der Waals surface area contributed by atoms with Crippen molar-refractivity contribution in [1.29, 1.82) is 0 Å². The van der Waals surface area contributed by atoms with Gasteiger partial charge in [-0.1, -0.05) is 48.9 Å². The van der Waals surface area contributed by atoms with Gasteiger partial charge in [-0.2, -0.15) is 0 Å². The van der Waals surface area contributed by atoms with Gasteiger partial charge in [0.25, 0.3) is 5.91 Å². The Hall–Kier alpha value is -3.45. The number of amides is 2. The lowest BCUT2D eigenvalue weighted by atomic mass is 9.83. The number of benzene rings is 2. The zero-order valence-corrected chi connectivity index (χ0v) is 22.3. The Labute approximate surface area is 219 Å². The maximum absolute atomic E-state index is 13.4. The van der Waals surface area contributed by atoms with Gasteiger partial charge in [0.05, 0.1) is 18.7 Å². The van der Waals surface area contributed by atoms with Crippen molar-refractivity contribution in [1.82, 2.24) is 14.7 Å². The van der Waals surface area contributed by atoms with Crippen molar-refractivity contribution in [3.05, 3.63) is 82.1 Å². The van der Waals surface area contributed by atoms with Crippen LogP contribution in [0.25, 0.3) is 0 Å². The Morgan fingerprint density at radius 3 is 2.32 bits per heavy atom. The summed E-state index contributed by atoms with van der Waals surface area (Å²) < 4.78 is 5.41. The lowest BCUT2D eigenvalue weighted by Crippen LogP contribution is -2.48. The van der Waals surface area contributed by atoms with Crippen LogP contribution >= 0.6 is 0 Å². The predicted octanol–water partition coefficient (Wildman–Crippen LogP) is 4.13. The first-order valence-electron chi connectivity index (χ1n) is 13.2. The molecule has 2 aromatic rings. The standard InChI is InChI=1S/C30H37N3O4/c1-5-31-14-16-32(17-15-31)29(35)25-9-7-8-23(18-25)20-33-22(4)28(30(36)37-6-2)26(19-27(33)34)24-12-10-21(3)11-13-24/h7-13,18,26H,5-6,14-17,19-20H2,1-4H3. The van der Waals surface area contributed by atoms with Gasteiger partial charge in [-0.15, -0.1) is 0 Å². The van der Waals surface area contributed by atoms with Crippen LogP contribution in [-0.4, -0.2) is 71.8 Å². The molecule has 7 nitrogen and oxygen atoms in total. The van der Waals surface area contributed by atoms with Crippen LogP contribution in [0, 0.1) is 6.92 Å². The van der Waals surface area contributed by atoms with Crippen LogP contribution in [0.1, 0.15) is 60.2 Å². The molecule has 2 aromatic carbocycles. The Balaban J connectivity index is 1.59. The number of aryl methyl sites for hydroxylation is 1. The van der Waals surface area contributed by atoms with E-state index in [1.807, 2.05) is 67.3 Å². The number of nitrogens with zero attached hydrogens (tertiary/aromatic N) is 3. The molecule has 7 heteroatoms. The number of carbonyl (C=O) groups excluding carboxylic acids is 3. The number of ether oxygens (including phenoxy) is 1. The van der Waals surface area contributed by atoms with E-state index in [0.29, 0.717) is 36.5 Å². The van der Waals surface area contributed by atoms with Crippen LogP contribution in [-0.2, 0) is 20.9 Å². The predicted molar refractivity (Wildman–Crippen MR) is 143 cm³/mol. The van der Waals surface area contributed by atoms with Gasteiger partial charge in [-0.05, 0) is 50.6 Å². The van der Waals surface area contributed by atoms with Gasteiger partial charge in [0.15, 0.2) is 0 Å². The molecule has 0 aliphatic carbocycles. The molecule has 0 spiro atoms. The number of hydrogen-bond donors (Lipinski definition) is 0. The summed E-state index contributed by atoms with van der Waals surface area (Å²) >= 11 is 0. The molecule has 196 valence electrons. The molecule has 0 radical (unpaired) electrons. The summed E-state index contributed by atoms with van der Waals surface area (Å²) in [5.74, 6) is -0.777. The third-order valence-electron chi connectivity index (χ3n) is 7.42. The summed E-state index contributed by atoms with van der Waals surface area (Å²) in [4.78, 5) is 45.5. The maximum Gasteiger partial charge on any atom is 0.336 e. The highest BCUT2D eigenvalue weighted by Crippen LogP contribution is 2.37. The first kappa shape index (κ1) is 26.6. The molecule has 0 saturated carbocycles. The third-order valence-corrected chi connectivity index (χ3v) is 7.42. The minimum absolute atomic E-state index is 0.0153. The molecule has 37 heavy (non-hydrogen) atoms. The van der Waals surface area contributed by atoms with Gasteiger partial charge in [0.1, 0.15) is 0 Å². The van der Waals surface area contributed by atoms with Crippen molar-refractivity contribution < 1.29 is 19.1 Å². The molecular formula is C30H37N3O4. The Bertz CT molecular complexity index is 1180. The largest absolute Gasteiger partial charge is 0.463 e. The second-order valence-corrected chi connectivity index (χ2v) is 9.79. The molecule has 2 aliphatic rings. The average molecular weight is 504 g/mol. The van der Waals surface area contributed by atoms with E-state index in [4.69, 9.17) is 4.74 Å². The Morgan fingerprint density at radius 2 is 1.68 bits per heavy atom. The summed E-state index contributed by atoms with van der Waals surface area (Å²) in [6.45, 7) is 12.5. The lowest BCUT2D eigenvalue weighted by molar-refractivity contribution is -0.140. The van der Waals surface area contributed by atoms with Crippen molar-refractivity contribution in [2.45, 2.75) is 46.6 Å². The van der Waals surface area contributed by atoms with Crippen LogP contribution < -0.4 is 0 Å². The fraction of sp³-hybridized carbons (Fsp3) is 0.433. The van der Waals surface area contributed by atoms with E-state index < -0.39 is 5.97 Å². The number of esters is 1. The number of hydrogen-bond acceptors (Lipinski definition) is 5. The fourth-order valence-electron chi connectivity index (χ4n) is 5.20. The smallest absolute Gasteiger partial charge is 0.336 e. The monoisotopic (exact) mass is 503 g/mol. The molecule has 1 unspecified atom stereocenters. The maximum atomic E-state index is 13.4. The summed E-state index contributed by atoms with van der Waals surface area (Å²) in [5.41, 5.74) is 4.64. The van der Waals surface area contributed by atoms with Crippen LogP contribution in [0.4, 0.5) is 0 Å². The molecule has 4 rings (SSSR count). The van der Waals surface area contributed by atoms with Gasteiger partial charge in [0, 0.05) is 49.8 Å². The molecule has 1 saturated heterocycles. The number of piperazine rings is 1. The van der Waals surface area contributed by atoms with Gasteiger partial charge in [0.2, 0.25) is 5.91 Å². The first-order valence-corrected chi connectivity index (χ1v) is 13.2. The van der Waals surface area contributed by atoms with Crippen LogP contribution in [0.2, 0.25) is 0 Å². The van der Waals surface area contributed by atoms with Gasteiger partial charge >= 0.3 is 5.97 Å². The van der Waals surface area contributed by atoms with E-state index in [-0.39, 0.29) is 30.8 Å². The number of allylic oxidation sites excluding steroid dienone is 1. The van der Waals surface area contributed by atoms with Crippen LogP contribution in [0.15, 0.2) is 59.8 Å². The SMILES string of the molecule is CCOC(=O)C1=C(C)N(Cc2cccc(C(=O)N3CCN(CC)CC3)c2)C(=O)CC1c1ccc(C)cc1. The fourth-order valence-corrected chi connectivity index (χ4v) is 5.20. The van der Waals surface area contributed by atoms with E-state index in [0.717, 1.165) is 36.3 Å². The Kier molecular flexibility index (Phi) is 8.44. The highest BCUT2D eigenvalue weighted by atomic mass is 16.5. The van der Waals surface area contributed by atoms with Crippen LogP contribution in [0.3, 0.4) is 0 Å². The van der Waals surface area contributed by atoms with Gasteiger partial charge in [-0.25, -0.2) is 4.79 Å². The quantitative estimate of drug-likeness (QED) is 0.532. The topological polar surface area (TPSA) is 70.2 Å². The zero-order valence-electron chi connectivity index (χ0n) is 22.3. The average Bonchev–Trinajstić information content (AvgIpc) is 2.91. The van der Waals surface area contributed by atoms with Crippen molar-refractivity contribution in [2.24, 2.45) is 0 Å².